The Kier molecular flexibility index (Phi) is 4.49. The van der Waals surface area contributed by atoms with Crippen molar-refractivity contribution in [2.45, 2.75) is 13.0 Å². The van der Waals surface area contributed by atoms with Gasteiger partial charge in [0.15, 0.2) is 6.61 Å². The summed E-state index contributed by atoms with van der Waals surface area (Å²) in [6, 6.07) is 6.25. The second-order valence-electron chi connectivity index (χ2n) is 4.12. The third kappa shape index (κ3) is 3.68. The van der Waals surface area contributed by atoms with Crippen LogP contribution in [0.2, 0.25) is 0 Å². The number of ether oxygens (including phenoxy) is 1. The molecule has 0 aliphatic heterocycles. The lowest BCUT2D eigenvalue weighted by atomic mass is 10.2. The molecule has 0 saturated carbocycles. The van der Waals surface area contributed by atoms with Gasteiger partial charge >= 0.3 is 5.97 Å². The van der Waals surface area contributed by atoms with Crippen molar-refractivity contribution in [1.29, 1.82) is 0 Å². The summed E-state index contributed by atoms with van der Waals surface area (Å²) in [7, 11) is 0. The Hall–Kier alpha value is -2.63. The zero-order valence-corrected chi connectivity index (χ0v) is 10.9. The van der Waals surface area contributed by atoms with Gasteiger partial charge in [-0.3, -0.25) is 9.78 Å². The van der Waals surface area contributed by atoms with Crippen LogP contribution in [0.5, 0.6) is 0 Å². The first kappa shape index (κ1) is 13.8. The summed E-state index contributed by atoms with van der Waals surface area (Å²) in [5.74, 6) is -0.316. The Morgan fingerprint density at radius 1 is 1.35 bits per heavy atom. The fraction of sp³-hybridized carbons (Fsp3) is 0.214. The fourth-order valence-corrected chi connectivity index (χ4v) is 1.59. The van der Waals surface area contributed by atoms with E-state index in [1.165, 1.54) is 30.8 Å². The van der Waals surface area contributed by atoms with Crippen molar-refractivity contribution in [3.63, 3.8) is 0 Å². The highest BCUT2D eigenvalue weighted by molar-refractivity contribution is 5.91. The quantitative estimate of drug-likeness (QED) is 0.839. The van der Waals surface area contributed by atoms with Crippen LogP contribution in [0.1, 0.15) is 29.1 Å². The molecular weight excluding hydrogens is 260 g/mol. The van der Waals surface area contributed by atoms with Gasteiger partial charge in [-0.25, -0.2) is 4.79 Å². The first-order valence-corrected chi connectivity index (χ1v) is 6.06. The molecule has 2 rings (SSSR count). The summed E-state index contributed by atoms with van der Waals surface area (Å²) in [6.07, 6.45) is 4.49. The minimum atomic E-state index is -0.562. The van der Waals surface area contributed by atoms with Gasteiger partial charge < -0.3 is 14.5 Å². The molecule has 1 N–H and O–H groups in total. The predicted octanol–water partition coefficient (Wildman–Crippen LogP) is 1.71. The second-order valence-corrected chi connectivity index (χ2v) is 4.12. The predicted molar refractivity (Wildman–Crippen MR) is 69.8 cm³/mol. The average molecular weight is 274 g/mol. The van der Waals surface area contributed by atoms with Gasteiger partial charge in [-0.1, -0.05) is 0 Å². The summed E-state index contributed by atoms with van der Waals surface area (Å²) < 4.78 is 10.1. The van der Waals surface area contributed by atoms with E-state index in [1.54, 1.807) is 19.1 Å². The van der Waals surface area contributed by atoms with E-state index in [0.717, 1.165) is 0 Å². The number of esters is 1. The number of amides is 1. The van der Waals surface area contributed by atoms with E-state index < -0.39 is 11.9 Å². The van der Waals surface area contributed by atoms with Gasteiger partial charge in [-0.05, 0) is 31.2 Å². The van der Waals surface area contributed by atoms with E-state index in [4.69, 9.17) is 9.15 Å². The van der Waals surface area contributed by atoms with Crippen molar-refractivity contribution in [2.24, 2.45) is 0 Å². The van der Waals surface area contributed by atoms with Gasteiger partial charge in [0.05, 0.1) is 17.9 Å². The fourth-order valence-electron chi connectivity index (χ4n) is 1.59. The average Bonchev–Trinajstić information content (AvgIpc) is 3.00. The zero-order valence-electron chi connectivity index (χ0n) is 10.9. The number of furan rings is 1. The molecule has 0 aliphatic rings. The summed E-state index contributed by atoms with van der Waals surface area (Å²) in [5.41, 5.74) is 0.354. The number of pyridine rings is 1. The van der Waals surface area contributed by atoms with Crippen LogP contribution in [0.4, 0.5) is 0 Å². The van der Waals surface area contributed by atoms with Crippen LogP contribution in [0.3, 0.4) is 0 Å². The lowest BCUT2D eigenvalue weighted by Gasteiger charge is -2.11. The smallest absolute Gasteiger partial charge is 0.338 e. The number of nitrogens with one attached hydrogen (secondary N) is 1. The molecule has 0 spiro atoms. The Labute approximate surface area is 115 Å². The van der Waals surface area contributed by atoms with E-state index in [0.29, 0.717) is 11.3 Å². The van der Waals surface area contributed by atoms with Crippen LogP contribution in [0.25, 0.3) is 0 Å². The number of aromatic nitrogens is 1. The van der Waals surface area contributed by atoms with Gasteiger partial charge in [0, 0.05) is 12.4 Å². The number of hydrogen-bond donors (Lipinski definition) is 1. The van der Waals surface area contributed by atoms with Crippen LogP contribution in [0, 0.1) is 0 Å². The van der Waals surface area contributed by atoms with E-state index in [1.807, 2.05) is 0 Å². The molecule has 6 nitrogen and oxygen atoms in total. The molecule has 6 heteroatoms. The number of carbonyl (C=O) groups is 2. The van der Waals surface area contributed by atoms with Crippen LogP contribution in [-0.2, 0) is 9.53 Å². The lowest BCUT2D eigenvalue weighted by molar-refractivity contribution is -0.125. The normalized spacial score (nSPS) is 11.7. The van der Waals surface area contributed by atoms with E-state index >= 15 is 0 Å². The minimum Gasteiger partial charge on any atom is -0.467 e. The topological polar surface area (TPSA) is 81.4 Å². The van der Waals surface area contributed by atoms with Gasteiger partial charge in [-0.15, -0.1) is 0 Å². The van der Waals surface area contributed by atoms with Crippen molar-refractivity contribution >= 4 is 11.9 Å². The van der Waals surface area contributed by atoms with Crippen molar-refractivity contribution < 1.29 is 18.7 Å². The maximum absolute atomic E-state index is 11.6. The monoisotopic (exact) mass is 274 g/mol. The Bertz CT molecular complexity index is 566. The number of nitrogens with zero attached hydrogens (tertiary/aromatic N) is 1. The molecule has 0 saturated heterocycles. The van der Waals surface area contributed by atoms with Crippen molar-refractivity contribution in [3.05, 3.63) is 54.2 Å². The first-order valence-electron chi connectivity index (χ1n) is 6.06. The lowest BCUT2D eigenvalue weighted by Crippen LogP contribution is -2.30. The highest BCUT2D eigenvalue weighted by atomic mass is 16.5. The number of carbonyl (C=O) groups excluding carboxylic acids is 2. The summed E-state index contributed by atoms with van der Waals surface area (Å²) in [5, 5.41) is 2.67. The Morgan fingerprint density at radius 3 is 2.75 bits per heavy atom. The second kappa shape index (κ2) is 6.51. The van der Waals surface area contributed by atoms with Crippen LogP contribution in [-0.4, -0.2) is 23.5 Å². The highest BCUT2D eigenvalue weighted by Gasteiger charge is 2.14. The maximum atomic E-state index is 11.6. The number of hydrogen-bond acceptors (Lipinski definition) is 5. The molecule has 1 atom stereocenters. The Morgan fingerprint density at radius 2 is 2.10 bits per heavy atom. The molecule has 2 aromatic heterocycles. The first-order chi connectivity index (χ1) is 9.66. The summed E-state index contributed by atoms with van der Waals surface area (Å²) >= 11 is 0. The van der Waals surface area contributed by atoms with Crippen LogP contribution >= 0.6 is 0 Å². The van der Waals surface area contributed by atoms with Gasteiger partial charge in [0.25, 0.3) is 5.91 Å². The maximum Gasteiger partial charge on any atom is 0.338 e. The van der Waals surface area contributed by atoms with E-state index in [2.05, 4.69) is 10.3 Å². The largest absolute Gasteiger partial charge is 0.467 e. The van der Waals surface area contributed by atoms with Gasteiger partial charge in [0.1, 0.15) is 5.76 Å². The molecular formula is C14H14N2O4. The van der Waals surface area contributed by atoms with E-state index in [-0.39, 0.29) is 12.6 Å². The molecule has 0 aromatic carbocycles. The van der Waals surface area contributed by atoms with Crippen molar-refractivity contribution in [3.8, 4) is 0 Å². The Balaban J connectivity index is 1.79. The van der Waals surface area contributed by atoms with Crippen LogP contribution < -0.4 is 5.32 Å². The zero-order chi connectivity index (χ0) is 14.4. The molecule has 0 radical (unpaired) electrons. The summed E-state index contributed by atoms with van der Waals surface area (Å²) in [6.45, 7) is 1.44. The molecule has 1 amide bonds. The van der Waals surface area contributed by atoms with Crippen molar-refractivity contribution in [2.75, 3.05) is 6.61 Å². The SMILES string of the molecule is C[C@H](NC(=O)COC(=O)c1ccncc1)c1ccco1. The third-order valence-corrected chi connectivity index (χ3v) is 2.60. The molecule has 2 heterocycles. The highest BCUT2D eigenvalue weighted by Crippen LogP contribution is 2.11. The molecule has 2 aromatic rings. The standard InChI is InChI=1S/C14H14N2O4/c1-10(12-3-2-8-19-12)16-13(17)9-20-14(18)11-4-6-15-7-5-11/h2-8,10H,9H2,1H3,(H,16,17)/t10-/m0/s1. The van der Waals surface area contributed by atoms with E-state index in [9.17, 15) is 9.59 Å². The molecule has 0 bridgehead atoms. The molecule has 20 heavy (non-hydrogen) atoms. The molecule has 0 aliphatic carbocycles. The summed E-state index contributed by atoms with van der Waals surface area (Å²) in [4.78, 5) is 27.1. The molecule has 104 valence electrons. The molecule has 0 unspecified atom stereocenters. The van der Waals surface area contributed by atoms with Crippen LogP contribution in [0.15, 0.2) is 47.3 Å². The van der Waals surface area contributed by atoms with Gasteiger partial charge in [-0.2, -0.15) is 0 Å². The molecule has 0 fully saturated rings. The van der Waals surface area contributed by atoms with Crippen molar-refractivity contribution in [1.82, 2.24) is 10.3 Å². The number of rotatable bonds is 5. The third-order valence-electron chi connectivity index (χ3n) is 2.60. The minimum absolute atomic E-state index is 0.280. The van der Waals surface area contributed by atoms with Gasteiger partial charge in [0.2, 0.25) is 0 Å².